The Morgan fingerprint density at radius 3 is 2.17 bits per heavy atom. The van der Waals surface area contributed by atoms with Gasteiger partial charge in [0.25, 0.3) is 5.91 Å². The van der Waals surface area contributed by atoms with E-state index in [0.29, 0.717) is 0 Å². The summed E-state index contributed by atoms with van der Waals surface area (Å²) in [5.41, 5.74) is 4.71. The molecule has 0 aliphatic rings. The molecule has 0 bridgehead atoms. The van der Waals surface area contributed by atoms with Crippen LogP contribution in [0.4, 0.5) is 0 Å². The zero-order valence-electron chi connectivity index (χ0n) is 8.78. The Labute approximate surface area is 107 Å². The van der Waals surface area contributed by atoms with Gasteiger partial charge in [-0.25, -0.2) is 16.8 Å². The van der Waals surface area contributed by atoms with Gasteiger partial charge in [-0.1, -0.05) is 0 Å². The summed E-state index contributed by atoms with van der Waals surface area (Å²) in [5, 5.41) is 6.15. The van der Waals surface area contributed by atoms with Gasteiger partial charge >= 0.3 is 0 Å². The number of halogens is 1. The third-order valence-corrected chi connectivity index (χ3v) is 4.82. The lowest BCUT2D eigenvalue weighted by Crippen LogP contribution is -2.18. The Hall–Kier alpha value is -1.26. The second-order valence-corrected chi connectivity index (χ2v) is 8.14. The highest BCUT2D eigenvalue weighted by molar-refractivity contribution is 8.14. The molecular formula is C7H8ClN3O5S2. The van der Waals surface area contributed by atoms with Crippen molar-refractivity contribution in [2.24, 2.45) is 5.73 Å². The molecule has 0 saturated heterocycles. The number of carbonyl (C=O) groups is 1. The first-order chi connectivity index (χ1) is 8.12. The highest BCUT2D eigenvalue weighted by atomic mass is 35.7. The van der Waals surface area contributed by atoms with Crippen molar-refractivity contribution in [3.05, 3.63) is 17.8 Å². The molecule has 0 atom stereocenters. The molecule has 1 heterocycles. The summed E-state index contributed by atoms with van der Waals surface area (Å²) in [6, 6.07) is 2.10. The molecule has 1 aromatic rings. The van der Waals surface area contributed by atoms with Crippen molar-refractivity contribution < 1.29 is 21.6 Å². The van der Waals surface area contributed by atoms with Gasteiger partial charge in [0.15, 0.2) is 20.6 Å². The van der Waals surface area contributed by atoms with E-state index in [4.69, 9.17) is 16.4 Å². The molecule has 0 aromatic carbocycles. The zero-order valence-corrected chi connectivity index (χ0v) is 11.2. The van der Waals surface area contributed by atoms with Crippen molar-refractivity contribution in [1.82, 2.24) is 10.2 Å². The summed E-state index contributed by atoms with van der Waals surface area (Å²) in [6.07, 6.45) is 0. The maximum Gasteiger partial charge on any atom is 0.269 e. The highest BCUT2D eigenvalue weighted by Crippen LogP contribution is 2.09. The highest BCUT2D eigenvalue weighted by Gasteiger charge is 2.20. The first kappa shape index (κ1) is 14.8. The van der Waals surface area contributed by atoms with Crippen LogP contribution in [-0.2, 0) is 18.9 Å². The van der Waals surface area contributed by atoms with Gasteiger partial charge in [0.05, 0.1) is 11.5 Å². The van der Waals surface area contributed by atoms with E-state index in [1.54, 1.807) is 0 Å². The number of primary amides is 1. The largest absolute Gasteiger partial charge is 0.364 e. The lowest BCUT2D eigenvalue weighted by molar-refractivity contribution is 0.0994. The molecule has 0 spiro atoms. The van der Waals surface area contributed by atoms with Gasteiger partial charge in [0.2, 0.25) is 9.05 Å². The van der Waals surface area contributed by atoms with E-state index in [-0.39, 0.29) is 5.69 Å². The molecule has 0 radical (unpaired) electrons. The molecule has 0 saturated carbocycles. The molecule has 0 fully saturated rings. The maximum atomic E-state index is 11.6. The van der Waals surface area contributed by atoms with Gasteiger partial charge in [-0.3, -0.25) is 4.79 Å². The summed E-state index contributed by atoms with van der Waals surface area (Å²) in [7, 11) is -2.94. The smallest absolute Gasteiger partial charge is 0.269 e. The Bertz CT molecular complexity index is 653. The maximum absolute atomic E-state index is 11.6. The van der Waals surface area contributed by atoms with Crippen LogP contribution in [0, 0.1) is 0 Å². The first-order valence-electron chi connectivity index (χ1n) is 4.40. The normalized spacial score (nSPS) is 12.3. The first-order valence-corrected chi connectivity index (χ1v) is 8.53. The number of sulfone groups is 1. The molecule has 11 heteroatoms. The van der Waals surface area contributed by atoms with Crippen molar-refractivity contribution in [3.8, 4) is 0 Å². The quantitative estimate of drug-likeness (QED) is 0.682. The number of hydrogen-bond acceptors (Lipinski definition) is 7. The van der Waals surface area contributed by atoms with Crippen molar-refractivity contribution in [2.45, 2.75) is 5.03 Å². The van der Waals surface area contributed by atoms with E-state index < -0.39 is 41.3 Å². The van der Waals surface area contributed by atoms with E-state index in [9.17, 15) is 21.6 Å². The van der Waals surface area contributed by atoms with Crippen LogP contribution in [0.2, 0.25) is 0 Å². The van der Waals surface area contributed by atoms with Crippen LogP contribution < -0.4 is 5.73 Å². The Morgan fingerprint density at radius 2 is 1.78 bits per heavy atom. The molecular weight excluding hydrogens is 306 g/mol. The average Bonchev–Trinajstić information content (AvgIpc) is 2.26. The predicted molar refractivity (Wildman–Crippen MR) is 62.2 cm³/mol. The molecule has 8 nitrogen and oxygen atoms in total. The number of nitrogens with zero attached hydrogens (tertiary/aromatic N) is 2. The fraction of sp³-hybridized carbons (Fsp3) is 0.286. The molecule has 0 aliphatic carbocycles. The third-order valence-electron chi connectivity index (χ3n) is 1.81. The van der Waals surface area contributed by atoms with Crippen LogP contribution in [0.3, 0.4) is 0 Å². The van der Waals surface area contributed by atoms with Crippen LogP contribution in [-0.4, -0.2) is 44.4 Å². The third kappa shape index (κ3) is 4.20. The Balaban J connectivity index is 2.96. The number of aromatic nitrogens is 2. The fourth-order valence-electron chi connectivity index (χ4n) is 0.931. The molecule has 1 aromatic heterocycles. The van der Waals surface area contributed by atoms with E-state index in [2.05, 4.69) is 10.2 Å². The second kappa shape index (κ2) is 5.16. The zero-order chi connectivity index (χ0) is 14.0. The van der Waals surface area contributed by atoms with Crippen molar-refractivity contribution in [3.63, 3.8) is 0 Å². The molecule has 1 amide bonds. The average molecular weight is 314 g/mol. The monoisotopic (exact) mass is 313 g/mol. The van der Waals surface area contributed by atoms with Gasteiger partial charge < -0.3 is 5.73 Å². The van der Waals surface area contributed by atoms with Crippen LogP contribution in [0.25, 0.3) is 0 Å². The van der Waals surface area contributed by atoms with Crippen molar-refractivity contribution >= 4 is 35.5 Å². The number of rotatable bonds is 5. The van der Waals surface area contributed by atoms with Crippen LogP contribution in [0.1, 0.15) is 10.5 Å². The van der Waals surface area contributed by atoms with Crippen LogP contribution in [0.15, 0.2) is 17.2 Å². The molecule has 1 rings (SSSR count). The topological polar surface area (TPSA) is 137 Å². The summed E-state index contributed by atoms with van der Waals surface area (Å²) in [6.45, 7) is 0. The summed E-state index contributed by atoms with van der Waals surface area (Å²) in [4.78, 5) is 10.7. The molecule has 0 aliphatic heterocycles. The Morgan fingerprint density at radius 1 is 1.17 bits per heavy atom. The van der Waals surface area contributed by atoms with E-state index in [0.717, 1.165) is 12.1 Å². The number of amides is 1. The van der Waals surface area contributed by atoms with E-state index in [1.807, 2.05) is 0 Å². The molecule has 2 N–H and O–H groups in total. The fourth-order valence-corrected chi connectivity index (χ4v) is 3.82. The molecule has 100 valence electrons. The number of hydrogen-bond donors (Lipinski definition) is 1. The summed E-state index contributed by atoms with van der Waals surface area (Å²) < 4.78 is 44.5. The number of nitrogens with two attached hydrogens (primary N) is 1. The van der Waals surface area contributed by atoms with Crippen molar-refractivity contribution in [2.75, 3.05) is 11.5 Å². The second-order valence-electron chi connectivity index (χ2n) is 3.18. The van der Waals surface area contributed by atoms with Crippen LogP contribution >= 0.6 is 10.7 Å². The SMILES string of the molecule is NC(=O)c1ccc(S(=O)(=O)CCS(=O)(=O)Cl)nn1. The van der Waals surface area contributed by atoms with E-state index in [1.165, 1.54) is 0 Å². The number of carbonyl (C=O) groups excluding carboxylic acids is 1. The Kier molecular flexibility index (Phi) is 4.24. The minimum absolute atomic E-state index is 0.195. The summed E-state index contributed by atoms with van der Waals surface area (Å²) >= 11 is 0. The van der Waals surface area contributed by atoms with Gasteiger partial charge in [-0.15, -0.1) is 10.2 Å². The minimum atomic E-state index is -3.93. The van der Waals surface area contributed by atoms with E-state index >= 15 is 0 Å². The lowest BCUT2D eigenvalue weighted by Gasteiger charge is -2.01. The molecule has 0 unspecified atom stereocenters. The van der Waals surface area contributed by atoms with Gasteiger partial charge in [-0.2, -0.15) is 0 Å². The lowest BCUT2D eigenvalue weighted by atomic mass is 10.4. The van der Waals surface area contributed by atoms with Gasteiger partial charge in [-0.05, 0) is 12.1 Å². The van der Waals surface area contributed by atoms with Crippen molar-refractivity contribution in [1.29, 1.82) is 0 Å². The standard InChI is InChI=1S/C7H8ClN3O5S2/c8-18(15,16)4-3-17(13,14)6-2-1-5(7(9)12)10-11-6/h1-2H,3-4H2,(H2,9,12). The van der Waals surface area contributed by atoms with Gasteiger partial charge in [0, 0.05) is 10.7 Å². The predicted octanol–water partition coefficient (Wildman–Crippen LogP) is -1.08. The minimum Gasteiger partial charge on any atom is -0.364 e. The van der Waals surface area contributed by atoms with Crippen LogP contribution in [0.5, 0.6) is 0 Å². The summed E-state index contributed by atoms with van der Waals surface area (Å²) in [5.74, 6) is -2.31. The molecule has 18 heavy (non-hydrogen) atoms. The van der Waals surface area contributed by atoms with Gasteiger partial charge in [0.1, 0.15) is 0 Å².